The second kappa shape index (κ2) is 11.8. The average molecular weight is 477 g/mol. The second-order valence-electron chi connectivity index (χ2n) is 9.12. The van der Waals surface area contributed by atoms with Crippen LogP contribution in [-0.4, -0.2) is 40.6 Å². The van der Waals surface area contributed by atoms with Gasteiger partial charge in [-0.05, 0) is 62.6 Å². The molecule has 3 rings (SSSR count). The molecule has 0 fully saturated rings. The molecule has 0 spiro atoms. The molecule has 3 aromatic rings. The third-order valence-corrected chi connectivity index (χ3v) is 6.28. The molecule has 1 atom stereocenters. The number of hydrogen-bond donors (Lipinski definition) is 1. The summed E-state index contributed by atoms with van der Waals surface area (Å²) in [6, 6.07) is 16.5. The van der Waals surface area contributed by atoms with Gasteiger partial charge in [-0.3, -0.25) is 14.2 Å². The van der Waals surface area contributed by atoms with Crippen molar-refractivity contribution in [3.8, 4) is 5.75 Å². The van der Waals surface area contributed by atoms with E-state index in [9.17, 15) is 9.59 Å². The van der Waals surface area contributed by atoms with E-state index in [1.54, 1.807) is 42.9 Å². The van der Waals surface area contributed by atoms with Crippen LogP contribution in [0.4, 0.5) is 0 Å². The normalized spacial score (nSPS) is 12.0. The zero-order valence-corrected chi connectivity index (χ0v) is 21.3. The van der Waals surface area contributed by atoms with Crippen molar-refractivity contribution in [2.75, 3.05) is 20.2 Å². The average Bonchev–Trinajstić information content (AvgIpc) is 2.87. The van der Waals surface area contributed by atoms with E-state index in [1.165, 1.54) is 0 Å². The molecule has 0 aliphatic heterocycles. The van der Waals surface area contributed by atoms with E-state index in [4.69, 9.17) is 15.5 Å². The first-order chi connectivity index (χ1) is 16.8. The summed E-state index contributed by atoms with van der Waals surface area (Å²) in [4.78, 5) is 34.0. The molecule has 35 heavy (non-hydrogen) atoms. The number of aryl methyl sites for hydroxylation is 1. The minimum absolute atomic E-state index is 0.00556. The highest BCUT2D eigenvalue weighted by molar-refractivity contribution is 5.94. The van der Waals surface area contributed by atoms with Gasteiger partial charge in [0.25, 0.3) is 11.5 Å². The quantitative estimate of drug-likeness (QED) is 0.476. The van der Waals surface area contributed by atoms with E-state index in [0.29, 0.717) is 54.4 Å². The first-order valence-corrected chi connectivity index (χ1v) is 12.0. The van der Waals surface area contributed by atoms with Crippen LogP contribution in [0.25, 0.3) is 0 Å². The van der Waals surface area contributed by atoms with Crippen molar-refractivity contribution in [3.63, 3.8) is 0 Å². The number of ether oxygens (including phenoxy) is 1. The lowest BCUT2D eigenvalue weighted by atomic mass is 9.98. The van der Waals surface area contributed by atoms with Crippen molar-refractivity contribution in [2.24, 2.45) is 11.7 Å². The lowest BCUT2D eigenvalue weighted by Gasteiger charge is -2.35. The summed E-state index contributed by atoms with van der Waals surface area (Å²) in [6.07, 6.45) is 0.638. The number of methoxy groups -OCH3 is 1. The Morgan fingerprint density at radius 3 is 2.31 bits per heavy atom. The highest BCUT2D eigenvalue weighted by Crippen LogP contribution is 2.30. The number of rotatable bonds is 10. The van der Waals surface area contributed by atoms with Gasteiger partial charge in [-0.15, -0.1) is 0 Å². The molecule has 0 saturated heterocycles. The van der Waals surface area contributed by atoms with E-state index in [1.807, 2.05) is 42.2 Å². The maximum absolute atomic E-state index is 13.8. The van der Waals surface area contributed by atoms with Crippen molar-refractivity contribution in [1.29, 1.82) is 0 Å². The Labute approximate surface area is 207 Å². The molecule has 2 N–H and O–H groups in total. The van der Waals surface area contributed by atoms with Gasteiger partial charge < -0.3 is 15.4 Å². The molecule has 1 unspecified atom stereocenters. The highest BCUT2D eigenvalue weighted by atomic mass is 16.5. The molecule has 0 aliphatic rings. The van der Waals surface area contributed by atoms with Crippen LogP contribution >= 0.6 is 0 Å². The third kappa shape index (κ3) is 5.98. The van der Waals surface area contributed by atoms with Crippen LogP contribution in [0.3, 0.4) is 0 Å². The molecular weight excluding hydrogens is 440 g/mol. The minimum Gasteiger partial charge on any atom is -0.497 e. The van der Waals surface area contributed by atoms with Crippen LogP contribution in [0, 0.1) is 19.8 Å². The number of hydrogen-bond acceptors (Lipinski definition) is 5. The van der Waals surface area contributed by atoms with Crippen LogP contribution in [-0.2, 0) is 6.54 Å². The van der Waals surface area contributed by atoms with Crippen molar-refractivity contribution < 1.29 is 9.53 Å². The zero-order valence-electron chi connectivity index (χ0n) is 21.3. The number of carbonyl (C=O) groups is 1. The second-order valence-corrected chi connectivity index (χ2v) is 9.12. The predicted molar refractivity (Wildman–Crippen MR) is 139 cm³/mol. The number of aromatic nitrogens is 2. The van der Waals surface area contributed by atoms with Gasteiger partial charge in [0, 0.05) is 23.4 Å². The van der Waals surface area contributed by atoms with Gasteiger partial charge in [-0.25, -0.2) is 4.98 Å². The maximum atomic E-state index is 13.8. The number of nitrogens with zero attached hydrogens (tertiary/aromatic N) is 3. The van der Waals surface area contributed by atoms with Gasteiger partial charge in [0.2, 0.25) is 0 Å². The Morgan fingerprint density at radius 1 is 1.09 bits per heavy atom. The number of nitrogens with two attached hydrogens (primary N) is 1. The van der Waals surface area contributed by atoms with Gasteiger partial charge in [-0.2, -0.15) is 0 Å². The summed E-state index contributed by atoms with van der Waals surface area (Å²) in [5.41, 5.74) is 8.60. The van der Waals surface area contributed by atoms with Gasteiger partial charge in [0.05, 0.1) is 19.7 Å². The van der Waals surface area contributed by atoms with E-state index >= 15 is 0 Å². The third-order valence-electron chi connectivity index (χ3n) is 6.28. The smallest absolute Gasteiger partial charge is 0.257 e. The molecule has 0 saturated carbocycles. The molecule has 2 aromatic carbocycles. The molecule has 0 bridgehead atoms. The summed E-state index contributed by atoms with van der Waals surface area (Å²) >= 11 is 0. The number of carbonyl (C=O) groups excluding carboxylic acids is 1. The molecule has 0 radical (unpaired) electrons. The van der Waals surface area contributed by atoms with Crippen LogP contribution in [0.5, 0.6) is 5.75 Å². The SMILES string of the molecule is COc1ccc(C(=O)N(CCCN)C(c2nc(C)c(C)c(=O)n2Cc2ccccc2)C(C)C)cc1. The van der Waals surface area contributed by atoms with Crippen LogP contribution < -0.4 is 16.0 Å². The summed E-state index contributed by atoms with van der Waals surface area (Å²) < 4.78 is 6.97. The minimum atomic E-state index is -0.410. The predicted octanol–water partition coefficient (Wildman–Crippen LogP) is 4.11. The van der Waals surface area contributed by atoms with Gasteiger partial charge >= 0.3 is 0 Å². The van der Waals surface area contributed by atoms with Crippen molar-refractivity contribution in [1.82, 2.24) is 14.5 Å². The number of benzene rings is 2. The Balaban J connectivity index is 2.15. The Morgan fingerprint density at radius 2 is 1.74 bits per heavy atom. The fourth-order valence-corrected chi connectivity index (χ4v) is 4.25. The topological polar surface area (TPSA) is 90.5 Å². The fraction of sp³-hybridized carbons (Fsp3) is 0.393. The summed E-state index contributed by atoms with van der Waals surface area (Å²) in [7, 11) is 1.59. The molecular formula is C28H36N4O3. The Hall–Kier alpha value is -3.45. The Kier molecular flexibility index (Phi) is 8.82. The lowest BCUT2D eigenvalue weighted by molar-refractivity contribution is 0.0601. The molecule has 1 aromatic heterocycles. The van der Waals surface area contributed by atoms with Gasteiger partial charge in [-0.1, -0.05) is 44.2 Å². The summed E-state index contributed by atoms with van der Waals surface area (Å²) in [6.45, 7) is 9.04. The monoisotopic (exact) mass is 476 g/mol. The Bertz CT molecular complexity index is 1190. The molecule has 186 valence electrons. The first-order valence-electron chi connectivity index (χ1n) is 12.0. The van der Waals surface area contributed by atoms with E-state index in [2.05, 4.69) is 13.8 Å². The van der Waals surface area contributed by atoms with Crippen molar-refractivity contribution in [3.05, 3.63) is 93.2 Å². The van der Waals surface area contributed by atoms with Crippen LogP contribution in [0.2, 0.25) is 0 Å². The highest BCUT2D eigenvalue weighted by Gasteiger charge is 2.32. The van der Waals surface area contributed by atoms with Crippen molar-refractivity contribution >= 4 is 5.91 Å². The van der Waals surface area contributed by atoms with E-state index in [0.717, 1.165) is 5.56 Å². The van der Waals surface area contributed by atoms with Crippen LogP contribution in [0.15, 0.2) is 59.4 Å². The molecule has 1 heterocycles. The molecule has 0 aliphatic carbocycles. The largest absolute Gasteiger partial charge is 0.497 e. The summed E-state index contributed by atoms with van der Waals surface area (Å²) in [5, 5.41) is 0. The van der Waals surface area contributed by atoms with Gasteiger partial charge in [0.15, 0.2) is 0 Å². The van der Waals surface area contributed by atoms with E-state index in [-0.39, 0.29) is 17.4 Å². The van der Waals surface area contributed by atoms with Gasteiger partial charge in [0.1, 0.15) is 11.6 Å². The lowest BCUT2D eigenvalue weighted by Crippen LogP contribution is -2.43. The summed E-state index contributed by atoms with van der Waals surface area (Å²) in [5.74, 6) is 1.16. The zero-order chi connectivity index (χ0) is 25.5. The standard InChI is InChI=1S/C28H36N4O3/c1-19(2)25(31(17-9-16-29)28(34)23-12-14-24(35-5)15-13-23)26-30-21(4)20(3)27(33)32(26)18-22-10-7-6-8-11-22/h6-8,10-15,19,25H,9,16-18,29H2,1-5H3. The number of amides is 1. The molecule has 7 nitrogen and oxygen atoms in total. The van der Waals surface area contributed by atoms with Crippen molar-refractivity contribution in [2.45, 2.75) is 46.7 Å². The maximum Gasteiger partial charge on any atom is 0.257 e. The fourth-order valence-electron chi connectivity index (χ4n) is 4.25. The molecule has 1 amide bonds. The van der Waals surface area contributed by atoms with E-state index < -0.39 is 6.04 Å². The van der Waals surface area contributed by atoms with Crippen LogP contribution in [0.1, 0.15) is 59.3 Å². The molecule has 7 heteroatoms. The first kappa shape index (κ1) is 26.2.